The zero-order chi connectivity index (χ0) is 14.3. The third-order valence-electron chi connectivity index (χ3n) is 3.54. The van der Waals surface area contributed by atoms with Gasteiger partial charge in [0.05, 0.1) is 10.4 Å². The van der Waals surface area contributed by atoms with Gasteiger partial charge in [-0.3, -0.25) is 9.78 Å². The molecule has 106 valence electrons. The molecule has 2 N–H and O–H groups in total. The second-order valence-corrected chi connectivity index (χ2v) is 6.85. The number of nitrogen functional groups attached to an aromatic ring is 1. The number of nitrogens with two attached hydrogens (primary N) is 1. The Morgan fingerprint density at radius 3 is 2.90 bits per heavy atom. The van der Waals surface area contributed by atoms with Crippen LogP contribution < -0.4 is 5.73 Å². The van der Waals surface area contributed by atoms with Crippen molar-refractivity contribution < 1.29 is 4.79 Å². The molecular weight excluding hydrogens is 270 g/mol. The number of hydrogen-bond donors (Lipinski definition) is 1. The zero-order valence-corrected chi connectivity index (χ0v) is 12.6. The first-order chi connectivity index (χ1) is 9.58. The summed E-state index contributed by atoms with van der Waals surface area (Å²) in [4.78, 5) is 19.6. The number of carbonyl (C=O) groups is 1. The minimum atomic E-state index is 0.0832. The minimum absolute atomic E-state index is 0.0832. The lowest BCUT2D eigenvalue weighted by atomic mass is 10.2. The molecule has 0 spiro atoms. The molecule has 0 aliphatic heterocycles. The average Bonchev–Trinajstić information content (AvgIpc) is 3.20. The van der Waals surface area contributed by atoms with Crippen molar-refractivity contribution in [3.63, 3.8) is 0 Å². The fourth-order valence-corrected chi connectivity index (χ4v) is 3.48. The second kappa shape index (κ2) is 5.05. The van der Waals surface area contributed by atoms with Crippen LogP contribution >= 0.6 is 11.3 Å². The van der Waals surface area contributed by atoms with E-state index in [9.17, 15) is 4.79 Å². The Balaban J connectivity index is 1.96. The van der Waals surface area contributed by atoms with Crippen LogP contribution in [0.5, 0.6) is 0 Å². The fraction of sp³-hybridized carbons (Fsp3) is 0.467. The summed E-state index contributed by atoms with van der Waals surface area (Å²) in [5.41, 5.74) is 6.77. The van der Waals surface area contributed by atoms with Crippen LogP contribution in [0, 0.1) is 5.92 Å². The summed E-state index contributed by atoms with van der Waals surface area (Å²) in [6.45, 7) is 5.08. The fourth-order valence-electron chi connectivity index (χ4n) is 2.44. The van der Waals surface area contributed by atoms with Gasteiger partial charge in [0.1, 0.15) is 4.88 Å². The Morgan fingerprint density at radius 1 is 1.55 bits per heavy atom. The highest BCUT2D eigenvalue weighted by Gasteiger charge is 2.34. The van der Waals surface area contributed by atoms with E-state index in [1.165, 1.54) is 11.3 Å². The van der Waals surface area contributed by atoms with Crippen LogP contribution in [0.3, 0.4) is 0 Å². The minimum Gasteiger partial charge on any atom is -0.397 e. The van der Waals surface area contributed by atoms with Crippen LogP contribution in [-0.4, -0.2) is 28.4 Å². The lowest BCUT2D eigenvalue weighted by Crippen LogP contribution is -2.36. The van der Waals surface area contributed by atoms with Crippen LogP contribution in [-0.2, 0) is 0 Å². The molecule has 0 bridgehead atoms. The highest BCUT2D eigenvalue weighted by molar-refractivity contribution is 7.21. The van der Waals surface area contributed by atoms with Gasteiger partial charge in [-0.15, -0.1) is 11.3 Å². The first kappa shape index (κ1) is 13.4. The van der Waals surface area contributed by atoms with E-state index in [0.29, 0.717) is 22.5 Å². The highest BCUT2D eigenvalue weighted by Crippen LogP contribution is 2.36. The van der Waals surface area contributed by atoms with E-state index in [1.807, 2.05) is 11.0 Å². The van der Waals surface area contributed by atoms with Crippen LogP contribution in [0.1, 0.15) is 36.4 Å². The first-order valence-corrected chi connectivity index (χ1v) is 7.82. The number of anilines is 1. The second-order valence-electron chi connectivity index (χ2n) is 5.80. The van der Waals surface area contributed by atoms with Gasteiger partial charge < -0.3 is 10.6 Å². The van der Waals surface area contributed by atoms with Crippen molar-refractivity contribution in [2.45, 2.75) is 32.7 Å². The van der Waals surface area contributed by atoms with Crippen molar-refractivity contribution in [1.29, 1.82) is 0 Å². The monoisotopic (exact) mass is 289 g/mol. The van der Waals surface area contributed by atoms with Crippen molar-refractivity contribution in [1.82, 2.24) is 9.88 Å². The van der Waals surface area contributed by atoms with Gasteiger partial charge in [0.15, 0.2) is 0 Å². The summed E-state index contributed by atoms with van der Waals surface area (Å²) in [5.74, 6) is 0.553. The van der Waals surface area contributed by atoms with Gasteiger partial charge in [-0.2, -0.15) is 0 Å². The molecular formula is C15H19N3OS. The van der Waals surface area contributed by atoms with Crippen molar-refractivity contribution in [3.8, 4) is 0 Å². The predicted octanol–water partition coefficient (Wildman–Crippen LogP) is 3.14. The summed E-state index contributed by atoms with van der Waals surface area (Å²) in [6.07, 6.45) is 5.72. The third-order valence-corrected chi connectivity index (χ3v) is 4.68. The van der Waals surface area contributed by atoms with Gasteiger partial charge in [0.25, 0.3) is 5.91 Å². The molecule has 0 radical (unpaired) electrons. The molecule has 2 heterocycles. The van der Waals surface area contributed by atoms with Crippen LogP contribution in [0.2, 0.25) is 0 Å². The normalized spacial score (nSPS) is 14.9. The Hall–Kier alpha value is -1.62. The Kier molecular flexibility index (Phi) is 3.38. The Labute approximate surface area is 122 Å². The van der Waals surface area contributed by atoms with Gasteiger partial charge in [-0.05, 0) is 24.8 Å². The maximum atomic E-state index is 12.8. The number of pyridine rings is 1. The van der Waals surface area contributed by atoms with Gasteiger partial charge in [-0.25, -0.2) is 0 Å². The molecule has 0 saturated heterocycles. The van der Waals surface area contributed by atoms with Crippen LogP contribution in [0.15, 0.2) is 18.5 Å². The van der Waals surface area contributed by atoms with E-state index in [2.05, 4.69) is 18.8 Å². The Morgan fingerprint density at radius 2 is 2.30 bits per heavy atom. The maximum absolute atomic E-state index is 12.8. The smallest absolute Gasteiger partial charge is 0.266 e. The molecule has 1 aliphatic rings. The maximum Gasteiger partial charge on any atom is 0.266 e. The number of fused-ring (bicyclic) bond motifs is 1. The molecule has 1 amide bonds. The molecule has 4 nitrogen and oxygen atoms in total. The topological polar surface area (TPSA) is 59.2 Å². The van der Waals surface area contributed by atoms with Gasteiger partial charge in [-0.1, -0.05) is 13.8 Å². The lowest BCUT2D eigenvalue weighted by molar-refractivity contribution is 0.0728. The highest BCUT2D eigenvalue weighted by atomic mass is 32.1. The number of amides is 1. The number of nitrogens with zero attached hydrogens (tertiary/aromatic N) is 2. The summed E-state index contributed by atoms with van der Waals surface area (Å²) in [7, 11) is 0. The molecule has 0 unspecified atom stereocenters. The molecule has 0 aromatic carbocycles. The van der Waals surface area contributed by atoms with Crippen molar-refractivity contribution in [3.05, 3.63) is 23.3 Å². The number of rotatable bonds is 4. The molecule has 1 saturated carbocycles. The lowest BCUT2D eigenvalue weighted by Gasteiger charge is -2.24. The van der Waals surface area contributed by atoms with Gasteiger partial charge in [0, 0.05) is 30.4 Å². The molecule has 1 fully saturated rings. The van der Waals surface area contributed by atoms with E-state index in [4.69, 9.17) is 5.73 Å². The summed E-state index contributed by atoms with van der Waals surface area (Å²) in [5, 5.41) is 0.939. The van der Waals surface area contributed by atoms with Crippen LogP contribution in [0.25, 0.3) is 10.1 Å². The SMILES string of the molecule is CC(C)CN(C(=O)c1sc2cnccc2c1N)C1CC1. The van der Waals surface area contributed by atoms with E-state index >= 15 is 0 Å². The summed E-state index contributed by atoms with van der Waals surface area (Å²) < 4.78 is 0.980. The molecule has 2 aromatic heterocycles. The van der Waals surface area contributed by atoms with Crippen molar-refractivity contribution >= 4 is 33.0 Å². The number of carbonyl (C=O) groups excluding carboxylic acids is 1. The molecule has 2 aromatic rings. The molecule has 20 heavy (non-hydrogen) atoms. The molecule has 1 aliphatic carbocycles. The third kappa shape index (κ3) is 2.38. The molecule has 5 heteroatoms. The van der Waals surface area contributed by atoms with Gasteiger partial charge >= 0.3 is 0 Å². The molecule has 3 rings (SSSR count). The average molecular weight is 289 g/mol. The quantitative estimate of drug-likeness (QED) is 0.940. The van der Waals surface area contributed by atoms with E-state index in [-0.39, 0.29) is 5.91 Å². The van der Waals surface area contributed by atoms with Crippen LogP contribution in [0.4, 0.5) is 5.69 Å². The van der Waals surface area contributed by atoms with E-state index in [0.717, 1.165) is 29.5 Å². The predicted molar refractivity (Wildman–Crippen MR) is 82.9 cm³/mol. The van der Waals surface area contributed by atoms with E-state index in [1.54, 1.807) is 12.4 Å². The van der Waals surface area contributed by atoms with E-state index < -0.39 is 0 Å². The van der Waals surface area contributed by atoms with Gasteiger partial charge in [0.2, 0.25) is 0 Å². The molecule has 0 atom stereocenters. The largest absolute Gasteiger partial charge is 0.397 e. The zero-order valence-electron chi connectivity index (χ0n) is 11.8. The summed E-state index contributed by atoms with van der Waals surface area (Å²) in [6, 6.07) is 2.29. The number of hydrogen-bond acceptors (Lipinski definition) is 4. The van der Waals surface area contributed by atoms with Crippen molar-refractivity contribution in [2.24, 2.45) is 5.92 Å². The first-order valence-electron chi connectivity index (χ1n) is 7.01. The standard InChI is InChI=1S/C15H19N3OS/c1-9(2)8-18(10-3-4-10)15(19)14-13(16)11-5-6-17-7-12(11)20-14/h5-7,9-10H,3-4,8,16H2,1-2H3. The summed E-state index contributed by atoms with van der Waals surface area (Å²) >= 11 is 1.45. The number of thiophene rings is 1. The van der Waals surface area contributed by atoms with Crippen molar-refractivity contribution in [2.75, 3.05) is 12.3 Å². The number of aromatic nitrogens is 1. The Bertz CT molecular complexity index is 646.